The van der Waals surface area contributed by atoms with Gasteiger partial charge in [-0.25, -0.2) is 0 Å². The molecular formula is C14H19N3O. The summed E-state index contributed by atoms with van der Waals surface area (Å²) in [6.07, 6.45) is 5.66. The van der Waals surface area contributed by atoms with Gasteiger partial charge >= 0.3 is 0 Å². The van der Waals surface area contributed by atoms with Gasteiger partial charge < -0.3 is 5.32 Å². The van der Waals surface area contributed by atoms with E-state index in [2.05, 4.69) is 15.4 Å². The molecule has 0 aromatic heterocycles. The van der Waals surface area contributed by atoms with Gasteiger partial charge in [-0.05, 0) is 37.0 Å². The molecule has 1 fully saturated rings. The molecule has 4 nitrogen and oxygen atoms in total. The fourth-order valence-electron chi connectivity index (χ4n) is 2.00. The Bertz CT molecular complexity index is 419. The Morgan fingerprint density at radius 3 is 2.50 bits per heavy atom. The molecule has 18 heavy (non-hydrogen) atoms. The van der Waals surface area contributed by atoms with E-state index in [-0.39, 0.29) is 5.91 Å². The van der Waals surface area contributed by atoms with Crippen LogP contribution < -0.4 is 5.32 Å². The third-order valence-electron chi connectivity index (χ3n) is 2.93. The number of amides is 1. The zero-order valence-electron chi connectivity index (χ0n) is 10.7. The first-order valence-electron chi connectivity index (χ1n) is 6.40. The van der Waals surface area contributed by atoms with Crippen LogP contribution in [0.2, 0.25) is 0 Å². The van der Waals surface area contributed by atoms with Crippen molar-refractivity contribution in [1.29, 1.82) is 0 Å². The largest absolute Gasteiger partial charge is 0.326 e. The molecular weight excluding hydrogens is 226 g/mol. The molecule has 4 heteroatoms. The second kappa shape index (κ2) is 6.19. The maximum atomic E-state index is 10.9. The second-order valence-electron chi connectivity index (χ2n) is 4.56. The van der Waals surface area contributed by atoms with Crippen molar-refractivity contribution in [3.8, 4) is 0 Å². The Hall–Kier alpha value is -1.84. The van der Waals surface area contributed by atoms with Gasteiger partial charge in [0.05, 0.1) is 6.21 Å². The van der Waals surface area contributed by atoms with Crippen molar-refractivity contribution < 1.29 is 4.79 Å². The Morgan fingerprint density at radius 1 is 1.22 bits per heavy atom. The highest BCUT2D eigenvalue weighted by atomic mass is 16.1. The topological polar surface area (TPSA) is 44.7 Å². The van der Waals surface area contributed by atoms with E-state index in [1.807, 2.05) is 30.5 Å². The normalized spacial score (nSPS) is 15.9. The molecule has 0 aliphatic carbocycles. The lowest BCUT2D eigenvalue weighted by atomic mass is 10.2. The van der Waals surface area contributed by atoms with Crippen molar-refractivity contribution in [3.63, 3.8) is 0 Å². The van der Waals surface area contributed by atoms with Gasteiger partial charge in [0.2, 0.25) is 5.91 Å². The first-order valence-corrected chi connectivity index (χ1v) is 6.40. The van der Waals surface area contributed by atoms with Crippen molar-refractivity contribution in [3.05, 3.63) is 29.8 Å². The van der Waals surface area contributed by atoms with E-state index >= 15 is 0 Å². The third-order valence-corrected chi connectivity index (χ3v) is 2.93. The molecule has 0 atom stereocenters. The molecule has 0 unspecified atom stereocenters. The van der Waals surface area contributed by atoms with Gasteiger partial charge in [-0.3, -0.25) is 9.80 Å². The average Bonchev–Trinajstić information content (AvgIpc) is 2.38. The van der Waals surface area contributed by atoms with Crippen LogP contribution in [-0.4, -0.2) is 30.2 Å². The van der Waals surface area contributed by atoms with E-state index in [0.717, 1.165) is 24.3 Å². The van der Waals surface area contributed by atoms with Gasteiger partial charge in [-0.1, -0.05) is 12.1 Å². The van der Waals surface area contributed by atoms with Crippen molar-refractivity contribution >= 4 is 17.8 Å². The monoisotopic (exact) mass is 245 g/mol. The van der Waals surface area contributed by atoms with Crippen molar-refractivity contribution in [2.24, 2.45) is 5.10 Å². The van der Waals surface area contributed by atoms with E-state index in [1.165, 1.54) is 26.2 Å². The SMILES string of the molecule is CC(=O)Nc1ccc(/C=N/N2CCCCC2)cc1. The summed E-state index contributed by atoms with van der Waals surface area (Å²) in [6.45, 7) is 3.62. The Balaban J connectivity index is 1.92. The summed E-state index contributed by atoms with van der Waals surface area (Å²) in [5, 5.41) is 9.32. The lowest BCUT2D eigenvalue weighted by Gasteiger charge is -2.23. The molecule has 0 bridgehead atoms. The molecule has 0 spiro atoms. The minimum Gasteiger partial charge on any atom is -0.326 e. The maximum Gasteiger partial charge on any atom is 0.221 e. The highest BCUT2D eigenvalue weighted by Gasteiger charge is 2.05. The summed E-state index contributed by atoms with van der Waals surface area (Å²) < 4.78 is 0. The fourth-order valence-corrected chi connectivity index (χ4v) is 2.00. The number of carbonyl (C=O) groups excluding carboxylic acids is 1. The molecule has 2 rings (SSSR count). The Labute approximate surface area is 108 Å². The second-order valence-corrected chi connectivity index (χ2v) is 4.56. The minimum atomic E-state index is -0.0512. The zero-order valence-corrected chi connectivity index (χ0v) is 10.7. The summed E-state index contributed by atoms with van der Waals surface area (Å²) in [6, 6.07) is 7.69. The zero-order chi connectivity index (χ0) is 12.8. The van der Waals surface area contributed by atoms with Crippen LogP contribution in [0, 0.1) is 0 Å². The molecule has 0 saturated carbocycles. The average molecular weight is 245 g/mol. The molecule has 1 saturated heterocycles. The number of nitrogens with one attached hydrogen (secondary N) is 1. The number of piperidine rings is 1. The number of nitrogens with zero attached hydrogens (tertiary/aromatic N) is 2. The van der Waals surface area contributed by atoms with Crippen LogP contribution in [0.15, 0.2) is 29.4 Å². The van der Waals surface area contributed by atoms with Crippen LogP contribution in [-0.2, 0) is 4.79 Å². The first-order chi connectivity index (χ1) is 8.74. The lowest BCUT2D eigenvalue weighted by Crippen LogP contribution is -2.24. The quantitative estimate of drug-likeness (QED) is 0.831. The Kier molecular flexibility index (Phi) is 4.34. The van der Waals surface area contributed by atoms with Crippen LogP contribution in [0.25, 0.3) is 0 Å². The van der Waals surface area contributed by atoms with Crippen molar-refractivity contribution in [1.82, 2.24) is 5.01 Å². The van der Waals surface area contributed by atoms with Crippen LogP contribution >= 0.6 is 0 Å². The molecule has 1 aliphatic heterocycles. The predicted molar refractivity (Wildman–Crippen MR) is 73.8 cm³/mol. The van der Waals surface area contributed by atoms with Gasteiger partial charge in [0.1, 0.15) is 0 Å². The lowest BCUT2D eigenvalue weighted by molar-refractivity contribution is -0.114. The molecule has 1 N–H and O–H groups in total. The minimum absolute atomic E-state index is 0.0512. The number of rotatable bonds is 3. The summed E-state index contributed by atoms with van der Waals surface area (Å²) in [5.74, 6) is -0.0512. The summed E-state index contributed by atoms with van der Waals surface area (Å²) in [4.78, 5) is 10.9. The number of carbonyl (C=O) groups is 1. The van der Waals surface area contributed by atoms with Gasteiger partial charge in [0, 0.05) is 25.7 Å². The highest BCUT2D eigenvalue weighted by Crippen LogP contribution is 2.10. The van der Waals surface area contributed by atoms with E-state index in [9.17, 15) is 4.79 Å². The molecule has 1 aromatic rings. The maximum absolute atomic E-state index is 10.9. The number of anilines is 1. The first kappa shape index (κ1) is 12.6. The number of hydrogen-bond acceptors (Lipinski definition) is 3. The number of hydrogen-bond donors (Lipinski definition) is 1. The van der Waals surface area contributed by atoms with Gasteiger partial charge in [0.25, 0.3) is 0 Å². The number of benzene rings is 1. The van der Waals surface area contributed by atoms with Gasteiger partial charge in [0.15, 0.2) is 0 Å². The van der Waals surface area contributed by atoms with E-state index in [0.29, 0.717) is 0 Å². The Morgan fingerprint density at radius 2 is 1.89 bits per heavy atom. The highest BCUT2D eigenvalue weighted by molar-refractivity contribution is 5.89. The molecule has 1 aliphatic rings. The summed E-state index contributed by atoms with van der Waals surface area (Å²) in [7, 11) is 0. The van der Waals surface area contributed by atoms with E-state index in [1.54, 1.807) is 0 Å². The summed E-state index contributed by atoms with van der Waals surface area (Å²) >= 11 is 0. The van der Waals surface area contributed by atoms with Crippen LogP contribution in [0.5, 0.6) is 0 Å². The fraction of sp³-hybridized carbons (Fsp3) is 0.429. The van der Waals surface area contributed by atoms with Crippen LogP contribution in [0.1, 0.15) is 31.7 Å². The molecule has 1 amide bonds. The van der Waals surface area contributed by atoms with E-state index < -0.39 is 0 Å². The standard InChI is InChI=1S/C14H19N3O/c1-12(18)16-14-7-5-13(6-8-14)11-15-17-9-3-2-4-10-17/h5-8,11H,2-4,9-10H2,1H3,(H,16,18)/b15-11+. The van der Waals surface area contributed by atoms with Gasteiger partial charge in [-0.15, -0.1) is 0 Å². The van der Waals surface area contributed by atoms with Crippen molar-refractivity contribution in [2.75, 3.05) is 18.4 Å². The van der Waals surface area contributed by atoms with Gasteiger partial charge in [-0.2, -0.15) is 5.10 Å². The molecule has 96 valence electrons. The third kappa shape index (κ3) is 3.87. The van der Waals surface area contributed by atoms with Crippen LogP contribution in [0.3, 0.4) is 0 Å². The summed E-state index contributed by atoms with van der Waals surface area (Å²) in [5.41, 5.74) is 1.87. The predicted octanol–water partition coefficient (Wildman–Crippen LogP) is 2.46. The molecule has 0 radical (unpaired) electrons. The van der Waals surface area contributed by atoms with Crippen LogP contribution in [0.4, 0.5) is 5.69 Å². The smallest absolute Gasteiger partial charge is 0.221 e. The van der Waals surface area contributed by atoms with Crippen molar-refractivity contribution in [2.45, 2.75) is 26.2 Å². The van der Waals surface area contributed by atoms with E-state index in [4.69, 9.17) is 0 Å². The number of hydrazone groups is 1. The molecule has 1 heterocycles. The molecule has 1 aromatic carbocycles.